The number of amides is 3. The summed E-state index contributed by atoms with van der Waals surface area (Å²) in [5.41, 5.74) is 6.32. The smallest absolute Gasteiger partial charge is 0.328 e. The zero-order chi connectivity index (χ0) is 24.4. The van der Waals surface area contributed by atoms with E-state index in [1.54, 1.807) is 44.2 Å². The van der Waals surface area contributed by atoms with Gasteiger partial charge in [0.25, 0.3) is 0 Å². The van der Waals surface area contributed by atoms with Gasteiger partial charge in [-0.05, 0) is 18.4 Å². The van der Waals surface area contributed by atoms with E-state index in [2.05, 4.69) is 16.0 Å². The van der Waals surface area contributed by atoms with Crippen molar-refractivity contribution in [3.05, 3.63) is 35.9 Å². The van der Waals surface area contributed by atoms with Gasteiger partial charge < -0.3 is 37.0 Å². The number of rotatable bonds is 12. The quantitative estimate of drug-likeness (QED) is 0.192. The average Bonchev–Trinajstić information content (AvgIpc) is 2.74. The van der Waals surface area contributed by atoms with Crippen molar-refractivity contribution < 1.29 is 34.5 Å². The van der Waals surface area contributed by atoms with Gasteiger partial charge in [0.05, 0.1) is 12.7 Å². The van der Waals surface area contributed by atoms with Gasteiger partial charge in [0, 0.05) is 6.42 Å². The van der Waals surface area contributed by atoms with Crippen molar-refractivity contribution in [1.29, 1.82) is 0 Å². The highest BCUT2D eigenvalue weighted by molar-refractivity contribution is 5.94. The number of carboxylic acid groups (broad SMARTS) is 1. The van der Waals surface area contributed by atoms with Gasteiger partial charge in [0.1, 0.15) is 24.2 Å². The molecule has 5 atom stereocenters. The Hall–Kier alpha value is -3.02. The minimum absolute atomic E-state index is 0.0438. The van der Waals surface area contributed by atoms with Crippen LogP contribution in [0.15, 0.2) is 30.3 Å². The second kappa shape index (κ2) is 12.7. The van der Waals surface area contributed by atoms with Gasteiger partial charge in [-0.25, -0.2) is 4.79 Å². The maximum atomic E-state index is 12.9. The van der Waals surface area contributed by atoms with Gasteiger partial charge in [-0.15, -0.1) is 0 Å². The second-order valence-corrected chi connectivity index (χ2v) is 7.83. The molecule has 8 N–H and O–H groups in total. The molecular formula is C21H32N4O7. The third-order valence-electron chi connectivity index (χ3n) is 4.78. The van der Waals surface area contributed by atoms with Crippen molar-refractivity contribution in [3.63, 3.8) is 0 Å². The van der Waals surface area contributed by atoms with Gasteiger partial charge in [-0.3, -0.25) is 14.4 Å². The minimum atomic E-state index is -1.54. The predicted molar refractivity (Wildman–Crippen MR) is 115 cm³/mol. The molecule has 5 unspecified atom stereocenters. The largest absolute Gasteiger partial charge is 0.480 e. The SMILES string of the molecule is CC(C)C(NC(=O)C(N)C(C)O)C(=O)NC(Cc1ccccc1)C(=O)NC(CO)C(=O)O. The number of hydrogen-bond donors (Lipinski definition) is 7. The Balaban J connectivity index is 3.06. The summed E-state index contributed by atoms with van der Waals surface area (Å²) in [6.07, 6.45) is -1.09. The van der Waals surface area contributed by atoms with Crippen molar-refractivity contribution in [3.8, 4) is 0 Å². The first-order chi connectivity index (χ1) is 15.0. The lowest BCUT2D eigenvalue weighted by Crippen LogP contribution is -2.60. The number of aliphatic hydroxyl groups excluding tert-OH is 2. The lowest BCUT2D eigenvalue weighted by molar-refractivity contribution is -0.143. The predicted octanol–water partition coefficient (Wildman–Crippen LogP) is -1.88. The van der Waals surface area contributed by atoms with Crippen LogP contribution >= 0.6 is 0 Å². The number of aliphatic carboxylic acids is 1. The molecule has 0 saturated heterocycles. The molecule has 0 saturated carbocycles. The van der Waals surface area contributed by atoms with Crippen LogP contribution in [0, 0.1) is 5.92 Å². The van der Waals surface area contributed by atoms with Crippen molar-refractivity contribution in [2.45, 2.75) is 57.5 Å². The van der Waals surface area contributed by atoms with E-state index in [9.17, 15) is 29.4 Å². The van der Waals surface area contributed by atoms with Crippen LogP contribution in [0.1, 0.15) is 26.3 Å². The average molecular weight is 453 g/mol. The van der Waals surface area contributed by atoms with Crippen LogP contribution in [0.25, 0.3) is 0 Å². The van der Waals surface area contributed by atoms with Crippen LogP contribution < -0.4 is 21.7 Å². The Kier molecular flexibility index (Phi) is 10.8. The summed E-state index contributed by atoms with van der Waals surface area (Å²) in [4.78, 5) is 49.1. The van der Waals surface area contributed by atoms with E-state index in [-0.39, 0.29) is 12.3 Å². The molecule has 178 valence electrons. The highest BCUT2D eigenvalue weighted by Crippen LogP contribution is 2.08. The summed E-state index contributed by atoms with van der Waals surface area (Å²) < 4.78 is 0. The number of nitrogens with two attached hydrogens (primary N) is 1. The Labute approximate surface area is 186 Å². The molecule has 11 nitrogen and oxygen atoms in total. The lowest BCUT2D eigenvalue weighted by atomic mass is 10.00. The number of benzene rings is 1. The van der Waals surface area contributed by atoms with E-state index in [1.165, 1.54) is 6.92 Å². The molecule has 1 aromatic carbocycles. The Morgan fingerprint density at radius 1 is 0.906 bits per heavy atom. The molecule has 0 heterocycles. The Morgan fingerprint density at radius 3 is 1.94 bits per heavy atom. The van der Waals surface area contributed by atoms with Crippen LogP contribution in [0.4, 0.5) is 0 Å². The first-order valence-electron chi connectivity index (χ1n) is 10.2. The van der Waals surface area contributed by atoms with E-state index in [1.807, 2.05) is 0 Å². The van der Waals surface area contributed by atoms with E-state index in [0.29, 0.717) is 5.56 Å². The summed E-state index contributed by atoms with van der Waals surface area (Å²) >= 11 is 0. The molecule has 0 aromatic heterocycles. The number of carbonyl (C=O) groups is 4. The topological polar surface area (TPSA) is 191 Å². The van der Waals surface area contributed by atoms with Crippen molar-refractivity contribution >= 4 is 23.7 Å². The zero-order valence-corrected chi connectivity index (χ0v) is 18.3. The van der Waals surface area contributed by atoms with Gasteiger partial charge >= 0.3 is 5.97 Å². The summed E-state index contributed by atoms with van der Waals surface area (Å²) in [7, 11) is 0. The van der Waals surface area contributed by atoms with Crippen LogP contribution in [0.2, 0.25) is 0 Å². The number of aliphatic hydroxyl groups is 2. The van der Waals surface area contributed by atoms with E-state index < -0.39 is 60.6 Å². The maximum absolute atomic E-state index is 12.9. The van der Waals surface area contributed by atoms with Gasteiger partial charge in [-0.2, -0.15) is 0 Å². The van der Waals surface area contributed by atoms with Crippen molar-refractivity contribution in [2.24, 2.45) is 11.7 Å². The van der Waals surface area contributed by atoms with Gasteiger partial charge in [-0.1, -0.05) is 44.2 Å². The molecule has 0 fully saturated rings. The molecule has 0 aliphatic heterocycles. The summed E-state index contributed by atoms with van der Waals surface area (Å²) in [5, 5.41) is 35.0. The highest BCUT2D eigenvalue weighted by Gasteiger charge is 2.32. The molecule has 0 bridgehead atoms. The minimum Gasteiger partial charge on any atom is -0.480 e. The standard InChI is InChI=1S/C21H32N4O7/c1-11(2)17(25-19(29)16(22)12(3)27)20(30)23-14(9-13-7-5-4-6-8-13)18(28)24-15(10-26)21(31)32/h4-8,11-12,14-17,26-27H,9-10,22H2,1-3H3,(H,23,30)(H,24,28)(H,25,29)(H,31,32). The van der Waals surface area contributed by atoms with Crippen LogP contribution in [-0.2, 0) is 25.6 Å². The Bertz CT molecular complexity index is 786. The fourth-order valence-corrected chi connectivity index (χ4v) is 2.78. The van der Waals surface area contributed by atoms with Gasteiger partial charge in [0.15, 0.2) is 0 Å². The number of hydrogen-bond acceptors (Lipinski definition) is 7. The third kappa shape index (κ3) is 8.25. The van der Waals surface area contributed by atoms with E-state index in [4.69, 9.17) is 10.8 Å². The van der Waals surface area contributed by atoms with E-state index in [0.717, 1.165) is 0 Å². The normalized spacial score (nSPS) is 15.7. The molecule has 11 heteroatoms. The van der Waals surface area contributed by atoms with Gasteiger partial charge in [0.2, 0.25) is 17.7 Å². The maximum Gasteiger partial charge on any atom is 0.328 e. The first-order valence-corrected chi connectivity index (χ1v) is 10.2. The zero-order valence-electron chi connectivity index (χ0n) is 18.3. The van der Waals surface area contributed by atoms with Crippen LogP contribution in [0.5, 0.6) is 0 Å². The molecule has 0 aliphatic carbocycles. The van der Waals surface area contributed by atoms with Crippen LogP contribution in [0.3, 0.4) is 0 Å². The molecule has 3 amide bonds. The molecule has 0 spiro atoms. The van der Waals surface area contributed by atoms with Crippen molar-refractivity contribution in [1.82, 2.24) is 16.0 Å². The highest BCUT2D eigenvalue weighted by atomic mass is 16.4. The summed E-state index contributed by atoms with van der Waals surface area (Å²) in [6.45, 7) is 3.87. The molecule has 1 rings (SSSR count). The number of nitrogens with one attached hydrogen (secondary N) is 3. The summed E-state index contributed by atoms with van der Waals surface area (Å²) in [5.74, 6) is -4.03. The monoisotopic (exact) mass is 452 g/mol. The molecular weight excluding hydrogens is 420 g/mol. The second-order valence-electron chi connectivity index (χ2n) is 7.83. The third-order valence-corrected chi connectivity index (χ3v) is 4.78. The number of carboxylic acids is 1. The molecule has 0 aliphatic rings. The molecule has 0 radical (unpaired) electrons. The number of carbonyl (C=O) groups excluding carboxylic acids is 3. The lowest BCUT2D eigenvalue weighted by Gasteiger charge is -2.27. The Morgan fingerprint density at radius 2 is 1.47 bits per heavy atom. The van der Waals surface area contributed by atoms with Crippen molar-refractivity contribution in [2.75, 3.05) is 6.61 Å². The molecule has 32 heavy (non-hydrogen) atoms. The van der Waals surface area contributed by atoms with Crippen LogP contribution in [-0.4, -0.2) is 75.9 Å². The van der Waals surface area contributed by atoms with E-state index >= 15 is 0 Å². The molecule has 1 aromatic rings. The first kappa shape index (κ1) is 27.0. The fourth-order valence-electron chi connectivity index (χ4n) is 2.78. The summed E-state index contributed by atoms with van der Waals surface area (Å²) in [6, 6.07) is 3.71. The fraction of sp³-hybridized carbons (Fsp3) is 0.524.